The Morgan fingerprint density at radius 1 is 1.13 bits per heavy atom. The Balaban J connectivity index is 1.54. The maximum absolute atomic E-state index is 13.4. The molecule has 3 aromatic carbocycles. The average Bonchev–Trinajstić information content (AvgIpc) is 3.12. The van der Waals surface area contributed by atoms with Crippen LogP contribution in [0.5, 0.6) is 11.5 Å². The highest BCUT2D eigenvalue weighted by Gasteiger charge is 2.35. The van der Waals surface area contributed by atoms with E-state index in [1.54, 1.807) is 30.3 Å². The molecule has 196 valence electrons. The number of thioether (sulfide) groups is 1. The number of imide groups is 1. The van der Waals surface area contributed by atoms with Crippen molar-refractivity contribution in [3.05, 3.63) is 101 Å². The second-order valence-electron chi connectivity index (χ2n) is 7.98. The molecule has 0 saturated carbocycles. The van der Waals surface area contributed by atoms with Crippen molar-refractivity contribution in [3.8, 4) is 11.5 Å². The van der Waals surface area contributed by atoms with Crippen LogP contribution in [0.25, 0.3) is 6.08 Å². The summed E-state index contributed by atoms with van der Waals surface area (Å²) in [5.41, 5.74) is 1.82. The smallest absolute Gasteiger partial charge is 0.293 e. The molecule has 8 nitrogen and oxygen atoms in total. The topological polar surface area (TPSA) is 99.0 Å². The molecule has 1 heterocycles. The summed E-state index contributed by atoms with van der Waals surface area (Å²) in [6.07, 6.45) is 1.60. The number of carbonyl (C=O) groups is 2. The molecule has 0 atom stereocenters. The van der Waals surface area contributed by atoms with Gasteiger partial charge in [0.1, 0.15) is 12.4 Å². The monoisotopic (exact) mass is 668 g/mol. The first-order chi connectivity index (χ1) is 18.2. The minimum absolute atomic E-state index is 0.00661. The molecule has 1 aliphatic rings. The third-order valence-electron chi connectivity index (χ3n) is 5.38. The molecule has 1 saturated heterocycles. The van der Waals surface area contributed by atoms with Gasteiger partial charge in [0.05, 0.1) is 26.6 Å². The molecule has 4 rings (SSSR count). The summed E-state index contributed by atoms with van der Waals surface area (Å²) in [6.45, 7) is 2.28. The van der Waals surface area contributed by atoms with Gasteiger partial charge >= 0.3 is 0 Å². The van der Waals surface area contributed by atoms with Gasteiger partial charge in [-0.05, 0) is 100 Å². The number of hydrogen-bond acceptors (Lipinski definition) is 7. The third kappa shape index (κ3) is 6.45. The van der Waals surface area contributed by atoms with Crippen LogP contribution < -0.4 is 9.47 Å². The van der Waals surface area contributed by atoms with Gasteiger partial charge in [-0.3, -0.25) is 24.6 Å². The van der Waals surface area contributed by atoms with E-state index < -0.39 is 21.9 Å². The first kappa shape index (κ1) is 27.9. The van der Waals surface area contributed by atoms with Gasteiger partial charge in [0.25, 0.3) is 16.8 Å². The van der Waals surface area contributed by atoms with Crippen molar-refractivity contribution in [2.45, 2.75) is 20.1 Å². The van der Waals surface area contributed by atoms with Gasteiger partial charge in [-0.15, -0.1) is 0 Å². The van der Waals surface area contributed by atoms with E-state index >= 15 is 0 Å². The number of benzene rings is 3. The van der Waals surface area contributed by atoms with E-state index in [0.29, 0.717) is 32.8 Å². The van der Waals surface area contributed by atoms with Crippen LogP contribution in [0.4, 0.5) is 14.9 Å². The second kappa shape index (κ2) is 12.1. The number of rotatable bonds is 9. The van der Waals surface area contributed by atoms with Gasteiger partial charge in [0.15, 0.2) is 11.5 Å². The van der Waals surface area contributed by atoms with Crippen LogP contribution in [0.15, 0.2) is 59.5 Å². The number of halogens is 3. The largest absolute Gasteiger partial charge is 0.490 e. The number of ether oxygens (including phenoxy) is 2. The van der Waals surface area contributed by atoms with Crippen molar-refractivity contribution in [1.29, 1.82) is 0 Å². The van der Waals surface area contributed by atoms with Crippen LogP contribution >= 0.6 is 46.0 Å². The summed E-state index contributed by atoms with van der Waals surface area (Å²) < 4.78 is 25.8. The lowest BCUT2D eigenvalue weighted by Gasteiger charge is -2.15. The highest BCUT2D eigenvalue weighted by molar-refractivity contribution is 14.1. The maximum atomic E-state index is 13.4. The van der Waals surface area contributed by atoms with E-state index in [0.717, 1.165) is 28.3 Å². The average molecular weight is 669 g/mol. The summed E-state index contributed by atoms with van der Waals surface area (Å²) in [4.78, 5) is 37.2. The molecule has 1 aliphatic heterocycles. The van der Waals surface area contributed by atoms with Crippen LogP contribution in [-0.4, -0.2) is 27.6 Å². The highest BCUT2D eigenvalue weighted by Crippen LogP contribution is 2.38. The fourth-order valence-corrected chi connectivity index (χ4v) is 5.40. The van der Waals surface area contributed by atoms with E-state index in [1.165, 1.54) is 24.3 Å². The Labute approximate surface area is 240 Å². The van der Waals surface area contributed by atoms with Crippen LogP contribution in [-0.2, 0) is 17.9 Å². The first-order valence-electron chi connectivity index (χ1n) is 11.2. The Morgan fingerprint density at radius 3 is 2.53 bits per heavy atom. The number of amides is 2. The Hall–Kier alpha value is -3.16. The number of nitro benzene ring substituents is 1. The zero-order chi connectivity index (χ0) is 27.4. The predicted octanol–water partition coefficient (Wildman–Crippen LogP) is 7.21. The summed E-state index contributed by atoms with van der Waals surface area (Å²) in [7, 11) is 0. The van der Waals surface area contributed by atoms with E-state index in [9.17, 15) is 24.1 Å². The number of carbonyl (C=O) groups excluding carboxylic acids is 2. The van der Waals surface area contributed by atoms with Gasteiger partial charge in [0, 0.05) is 17.2 Å². The molecule has 0 spiro atoms. The fraction of sp³-hybridized carbons (Fsp3) is 0.154. The molecule has 0 aromatic heterocycles. The Kier molecular flexibility index (Phi) is 8.90. The van der Waals surface area contributed by atoms with Gasteiger partial charge in [-0.2, -0.15) is 0 Å². The molecule has 0 N–H and O–H groups in total. The first-order valence-corrected chi connectivity index (χ1v) is 13.5. The molecule has 3 aromatic rings. The van der Waals surface area contributed by atoms with Gasteiger partial charge in [-0.25, -0.2) is 4.39 Å². The summed E-state index contributed by atoms with van der Waals surface area (Å²) in [5, 5.41) is 10.5. The fourth-order valence-electron chi connectivity index (χ4n) is 3.55. The molecular formula is C26H19ClFIN2O6S. The van der Waals surface area contributed by atoms with Crippen LogP contribution in [0.1, 0.15) is 23.6 Å². The zero-order valence-corrected chi connectivity index (χ0v) is 23.5. The molecule has 38 heavy (non-hydrogen) atoms. The Morgan fingerprint density at radius 2 is 1.87 bits per heavy atom. The lowest BCUT2D eigenvalue weighted by molar-refractivity contribution is -0.384. The second-order valence-corrected chi connectivity index (χ2v) is 10.5. The lowest BCUT2D eigenvalue weighted by Crippen LogP contribution is -2.27. The highest BCUT2D eigenvalue weighted by atomic mass is 127. The van der Waals surface area contributed by atoms with Crippen LogP contribution in [0, 0.1) is 19.5 Å². The number of hydrogen-bond donors (Lipinski definition) is 0. The lowest BCUT2D eigenvalue weighted by atomic mass is 10.1. The maximum Gasteiger partial charge on any atom is 0.293 e. The standard InChI is InChI=1S/C26H19ClFIN2O6S/c1-2-36-22-10-16(9-21(29)24(22)37-14-15-3-7-19(8-4-15)31(34)35)11-23-25(32)30(26(33)38-23)13-17-5-6-18(28)12-20(17)27/h3-12H,2,13-14H2,1H3/b23-11-. The van der Waals surface area contributed by atoms with E-state index in [4.69, 9.17) is 21.1 Å². The van der Waals surface area contributed by atoms with E-state index in [2.05, 4.69) is 22.6 Å². The summed E-state index contributed by atoms with van der Waals surface area (Å²) in [5.74, 6) is -0.0496. The molecule has 0 radical (unpaired) electrons. The van der Waals surface area contributed by atoms with Crippen molar-refractivity contribution >= 4 is 68.9 Å². The quantitative estimate of drug-likeness (QED) is 0.103. The van der Waals surface area contributed by atoms with Gasteiger partial charge in [-0.1, -0.05) is 17.7 Å². The summed E-state index contributed by atoms with van der Waals surface area (Å²) in [6, 6.07) is 13.4. The number of nitrogens with zero attached hydrogens (tertiary/aromatic N) is 2. The van der Waals surface area contributed by atoms with Crippen molar-refractivity contribution in [3.63, 3.8) is 0 Å². The molecule has 12 heteroatoms. The number of non-ortho nitro benzene ring substituents is 1. The minimum Gasteiger partial charge on any atom is -0.490 e. The summed E-state index contributed by atoms with van der Waals surface area (Å²) >= 11 is 8.96. The molecule has 0 aliphatic carbocycles. The van der Waals surface area contributed by atoms with Crippen molar-refractivity contribution in [2.75, 3.05) is 6.61 Å². The van der Waals surface area contributed by atoms with Crippen molar-refractivity contribution in [2.24, 2.45) is 0 Å². The van der Waals surface area contributed by atoms with Crippen molar-refractivity contribution in [1.82, 2.24) is 4.90 Å². The van der Waals surface area contributed by atoms with Gasteiger partial charge < -0.3 is 9.47 Å². The van der Waals surface area contributed by atoms with Crippen LogP contribution in [0.2, 0.25) is 5.02 Å². The van der Waals surface area contributed by atoms with Crippen LogP contribution in [0.3, 0.4) is 0 Å². The number of nitro groups is 1. The molecule has 2 amide bonds. The molecular weight excluding hydrogens is 650 g/mol. The predicted molar refractivity (Wildman–Crippen MR) is 151 cm³/mol. The van der Waals surface area contributed by atoms with Crippen molar-refractivity contribution < 1.29 is 28.4 Å². The minimum atomic E-state index is -0.507. The zero-order valence-electron chi connectivity index (χ0n) is 19.8. The SMILES string of the molecule is CCOc1cc(/C=C2\SC(=O)N(Cc3ccc(F)cc3Cl)C2=O)cc(I)c1OCc1ccc([N+](=O)[O-])cc1. The molecule has 0 unspecified atom stereocenters. The normalized spacial score (nSPS) is 14.3. The third-order valence-corrected chi connectivity index (χ3v) is 7.44. The van der Waals surface area contributed by atoms with E-state index in [1.807, 2.05) is 6.92 Å². The van der Waals surface area contributed by atoms with E-state index in [-0.39, 0.29) is 28.8 Å². The Bertz CT molecular complexity index is 1450. The molecule has 0 bridgehead atoms. The molecule has 1 fully saturated rings. The van der Waals surface area contributed by atoms with Gasteiger partial charge in [0.2, 0.25) is 0 Å².